The molecule has 0 aliphatic rings. The minimum Gasteiger partial charge on any atom is -0.394 e. The molecule has 6 nitrogen and oxygen atoms in total. The van der Waals surface area contributed by atoms with Crippen LogP contribution in [-0.2, 0) is 9.09 Å². The Balaban J connectivity index is 3.93. The lowest BCUT2D eigenvalue weighted by atomic mass is 10.4. The highest BCUT2D eigenvalue weighted by atomic mass is 31.2. The smallest absolute Gasteiger partial charge is 0.333 e. The zero-order chi connectivity index (χ0) is 12.1. The predicted octanol–water partition coefficient (Wildman–Crippen LogP) is -0.752. The van der Waals surface area contributed by atoms with Gasteiger partial charge in [0.25, 0.3) is 0 Å². The van der Waals surface area contributed by atoms with Crippen molar-refractivity contribution in [1.29, 1.82) is 0 Å². The van der Waals surface area contributed by atoms with Gasteiger partial charge in [-0.3, -0.25) is 4.57 Å². The number of hydrogen-bond donors (Lipinski definition) is 3. The Morgan fingerprint density at radius 1 is 1.40 bits per heavy atom. The number of rotatable bonds is 7. The molecule has 0 aromatic rings. The highest BCUT2D eigenvalue weighted by Crippen LogP contribution is 2.41. The number of quaternary nitrogens is 1. The molecule has 0 bridgehead atoms. The topological polar surface area (TPSA) is 87.0 Å². The van der Waals surface area contributed by atoms with E-state index < -0.39 is 20.3 Å². The minimum atomic E-state index is -3.64. The van der Waals surface area contributed by atoms with Crippen LogP contribution >= 0.6 is 7.60 Å². The lowest BCUT2D eigenvalue weighted by Crippen LogP contribution is -2.37. The number of aliphatic hydroxyl groups excluding tert-OH is 2. The van der Waals surface area contributed by atoms with Gasteiger partial charge in [0.2, 0.25) is 0 Å². The molecule has 0 saturated carbocycles. The fourth-order valence-corrected chi connectivity index (χ4v) is 2.13. The Morgan fingerprint density at radius 3 is 2.33 bits per heavy atom. The number of hydrogen-bond acceptors (Lipinski definition) is 4. The van der Waals surface area contributed by atoms with Gasteiger partial charge in [0.05, 0.1) is 47.1 Å². The van der Waals surface area contributed by atoms with Crippen LogP contribution in [0.15, 0.2) is 0 Å². The average molecular weight is 242 g/mol. The summed E-state index contributed by atoms with van der Waals surface area (Å²) in [5, 5.41) is 17.4. The van der Waals surface area contributed by atoms with Gasteiger partial charge in [0.1, 0.15) is 6.10 Å². The normalized spacial score (nSPS) is 18.5. The first kappa shape index (κ1) is 15.0. The van der Waals surface area contributed by atoms with Crippen LogP contribution in [0, 0.1) is 0 Å². The van der Waals surface area contributed by atoms with Crippen molar-refractivity contribution in [3.8, 4) is 0 Å². The van der Waals surface area contributed by atoms with Crippen LogP contribution in [0.2, 0.25) is 0 Å². The van der Waals surface area contributed by atoms with E-state index in [1.165, 1.54) is 0 Å². The van der Waals surface area contributed by atoms with Crippen LogP contribution in [0.3, 0.4) is 0 Å². The standard InChI is InChI=1S/C8H20NO5P/c1-9(2,3)4-5-15(12,13)14-7-8(11)6-10/h8,10-11H,4-7H2,1-3H3/p+1. The van der Waals surface area contributed by atoms with Gasteiger partial charge >= 0.3 is 7.60 Å². The maximum absolute atomic E-state index is 11.4. The first-order chi connectivity index (χ1) is 6.66. The Labute approximate surface area is 90.2 Å². The summed E-state index contributed by atoms with van der Waals surface area (Å²) in [6.45, 7) is -0.292. The molecule has 0 rings (SSSR count). The molecule has 92 valence electrons. The quantitative estimate of drug-likeness (QED) is 0.404. The van der Waals surface area contributed by atoms with Gasteiger partial charge in [-0.05, 0) is 0 Å². The van der Waals surface area contributed by atoms with Crippen molar-refractivity contribution in [2.45, 2.75) is 6.10 Å². The summed E-state index contributed by atoms with van der Waals surface area (Å²) in [7, 11) is 2.07. The molecule has 0 aliphatic heterocycles. The van der Waals surface area contributed by atoms with Crippen LogP contribution in [0.25, 0.3) is 0 Å². The van der Waals surface area contributed by atoms with Crippen LogP contribution < -0.4 is 0 Å². The lowest BCUT2D eigenvalue weighted by molar-refractivity contribution is -0.867. The molecule has 7 heteroatoms. The van der Waals surface area contributed by atoms with Gasteiger partial charge in [0.15, 0.2) is 0 Å². The van der Waals surface area contributed by atoms with Crippen LogP contribution in [0.5, 0.6) is 0 Å². The summed E-state index contributed by atoms with van der Waals surface area (Å²) in [4.78, 5) is 9.35. The van der Waals surface area contributed by atoms with E-state index in [0.29, 0.717) is 11.0 Å². The van der Waals surface area contributed by atoms with Crippen molar-refractivity contribution in [2.24, 2.45) is 0 Å². The molecule has 15 heavy (non-hydrogen) atoms. The molecule has 3 N–H and O–H groups in total. The molecule has 0 radical (unpaired) electrons. The third-order valence-electron chi connectivity index (χ3n) is 1.73. The highest BCUT2D eigenvalue weighted by Gasteiger charge is 2.24. The largest absolute Gasteiger partial charge is 0.394 e. The number of aliphatic hydroxyl groups is 2. The van der Waals surface area contributed by atoms with Gasteiger partial charge in [0, 0.05) is 0 Å². The molecule has 2 atom stereocenters. The Bertz CT molecular complexity index is 228. The summed E-state index contributed by atoms with van der Waals surface area (Å²) in [5.74, 6) is 0. The first-order valence-corrected chi connectivity index (χ1v) is 6.48. The van der Waals surface area contributed by atoms with Crippen molar-refractivity contribution in [3.05, 3.63) is 0 Å². The highest BCUT2D eigenvalue weighted by molar-refractivity contribution is 7.52. The predicted molar refractivity (Wildman–Crippen MR) is 56.6 cm³/mol. The molecule has 2 unspecified atom stereocenters. The lowest BCUT2D eigenvalue weighted by Gasteiger charge is -2.25. The fraction of sp³-hybridized carbons (Fsp3) is 1.00. The zero-order valence-corrected chi connectivity index (χ0v) is 10.4. The molecular formula is C8H21NO5P+. The molecule has 0 aliphatic carbocycles. The fourth-order valence-electron chi connectivity index (χ4n) is 0.746. The van der Waals surface area contributed by atoms with E-state index in [0.717, 1.165) is 0 Å². The molecule has 0 fully saturated rings. The second-order valence-electron chi connectivity index (χ2n) is 4.51. The van der Waals surface area contributed by atoms with Gasteiger partial charge in [-0.1, -0.05) is 0 Å². The van der Waals surface area contributed by atoms with Gasteiger partial charge in [-0.15, -0.1) is 0 Å². The third-order valence-corrected chi connectivity index (χ3v) is 3.05. The third kappa shape index (κ3) is 8.99. The van der Waals surface area contributed by atoms with E-state index in [4.69, 9.17) is 10.2 Å². The Kier molecular flexibility index (Phi) is 5.95. The molecule has 0 aromatic carbocycles. The van der Waals surface area contributed by atoms with Crippen molar-refractivity contribution in [2.75, 3.05) is 47.1 Å². The summed E-state index contributed by atoms with van der Waals surface area (Å²) in [5.41, 5.74) is 0. The van der Waals surface area contributed by atoms with E-state index in [1.807, 2.05) is 21.1 Å². The van der Waals surface area contributed by atoms with Crippen molar-refractivity contribution < 1.29 is 28.7 Å². The summed E-state index contributed by atoms with van der Waals surface area (Å²) < 4.78 is 16.6. The average Bonchev–Trinajstić information content (AvgIpc) is 2.10. The maximum atomic E-state index is 11.4. The summed E-state index contributed by atoms with van der Waals surface area (Å²) in [6.07, 6.45) is -1.07. The molecule has 0 heterocycles. The van der Waals surface area contributed by atoms with Crippen molar-refractivity contribution in [1.82, 2.24) is 0 Å². The Morgan fingerprint density at radius 2 is 1.93 bits per heavy atom. The molecule has 0 aromatic heterocycles. The molecular weight excluding hydrogens is 221 g/mol. The van der Waals surface area contributed by atoms with Crippen LogP contribution in [0.4, 0.5) is 0 Å². The maximum Gasteiger partial charge on any atom is 0.333 e. The second kappa shape index (κ2) is 5.94. The van der Waals surface area contributed by atoms with E-state index >= 15 is 0 Å². The van der Waals surface area contributed by atoms with E-state index in [2.05, 4.69) is 4.52 Å². The van der Waals surface area contributed by atoms with Crippen LogP contribution in [0.1, 0.15) is 0 Å². The zero-order valence-electron chi connectivity index (χ0n) is 9.46. The minimum absolute atomic E-state index is 0.0364. The van der Waals surface area contributed by atoms with E-state index in [1.54, 1.807) is 0 Å². The number of nitrogens with zero attached hydrogens (tertiary/aromatic N) is 1. The van der Waals surface area contributed by atoms with Gasteiger partial charge in [-0.2, -0.15) is 0 Å². The van der Waals surface area contributed by atoms with Crippen molar-refractivity contribution in [3.63, 3.8) is 0 Å². The second-order valence-corrected chi connectivity index (χ2v) is 6.49. The molecule has 0 amide bonds. The van der Waals surface area contributed by atoms with E-state index in [9.17, 15) is 9.46 Å². The molecule has 0 spiro atoms. The van der Waals surface area contributed by atoms with E-state index in [-0.39, 0.29) is 12.8 Å². The SMILES string of the molecule is C[N+](C)(C)CCP(=O)(O)OCC(O)CO. The summed E-state index contributed by atoms with van der Waals surface area (Å²) in [6, 6.07) is 0. The monoisotopic (exact) mass is 242 g/mol. The van der Waals surface area contributed by atoms with Crippen LogP contribution in [-0.4, -0.2) is 72.8 Å². The Hall–Kier alpha value is 0.0300. The first-order valence-electron chi connectivity index (χ1n) is 4.72. The van der Waals surface area contributed by atoms with Crippen molar-refractivity contribution >= 4 is 7.60 Å². The van der Waals surface area contributed by atoms with Gasteiger partial charge < -0.3 is 24.1 Å². The van der Waals surface area contributed by atoms with Gasteiger partial charge in [-0.25, -0.2) is 0 Å². The molecule has 0 saturated heterocycles. The summed E-state index contributed by atoms with van der Waals surface area (Å²) >= 11 is 0.